The van der Waals surface area contributed by atoms with Crippen LogP contribution < -0.4 is 4.68 Å². The molecule has 1 heterocycles. The van der Waals surface area contributed by atoms with Crippen LogP contribution in [0.5, 0.6) is 0 Å². The highest BCUT2D eigenvalue weighted by Gasteiger charge is 2.16. The van der Waals surface area contributed by atoms with Gasteiger partial charge in [-0.2, -0.15) is 4.68 Å². The van der Waals surface area contributed by atoms with E-state index < -0.39 is 0 Å². The van der Waals surface area contributed by atoms with Gasteiger partial charge in [-0.3, -0.25) is 0 Å². The third-order valence-corrected chi connectivity index (χ3v) is 3.42. The van der Waals surface area contributed by atoms with Gasteiger partial charge in [0, 0.05) is 5.56 Å². The van der Waals surface area contributed by atoms with E-state index in [0.29, 0.717) is 0 Å². The summed E-state index contributed by atoms with van der Waals surface area (Å²) in [7, 11) is 2.00. The van der Waals surface area contributed by atoms with Gasteiger partial charge in [0.15, 0.2) is 6.20 Å². The summed E-state index contributed by atoms with van der Waals surface area (Å²) in [5.41, 5.74) is 5.69. The van der Waals surface area contributed by atoms with Gasteiger partial charge in [-0.15, -0.1) is 0 Å². The molecule has 2 aromatic carbocycles. The number of aryl methyl sites for hydroxylation is 3. The first kappa shape index (κ1) is 12.6. The fourth-order valence-corrected chi connectivity index (χ4v) is 2.20. The Bertz CT molecular complexity index is 722. The lowest BCUT2D eigenvalue weighted by Crippen LogP contribution is -2.37. The molecule has 0 fully saturated rings. The van der Waals surface area contributed by atoms with Crippen molar-refractivity contribution in [2.24, 2.45) is 7.05 Å². The van der Waals surface area contributed by atoms with Crippen LogP contribution in [0.25, 0.3) is 16.9 Å². The van der Waals surface area contributed by atoms with E-state index in [4.69, 9.17) is 0 Å². The quantitative estimate of drug-likeness (QED) is 0.652. The lowest BCUT2D eigenvalue weighted by molar-refractivity contribution is -0.748. The van der Waals surface area contributed by atoms with Crippen LogP contribution >= 0.6 is 0 Å². The number of hydrogen-bond acceptors (Lipinski definition) is 1. The van der Waals surface area contributed by atoms with Crippen LogP contribution in [0.15, 0.2) is 54.7 Å². The molecule has 0 saturated carbocycles. The number of rotatable bonds is 2. The number of aromatic nitrogens is 3. The monoisotopic (exact) mass is 264 g/mol. The second kappa shape index (κ2) is 4.93. The molecule has 100 valence electrons. The molecule has 3 rings (SSSR count). The Morgan fingerprint density at radius 1 is 0.850 bits per heavy atom. The van der Waals surface area contributed by atoms with Crippen molar-refractivity contribution in [3.63, 3.8) is 0 Å². The number of benzene rings is 2. The zero-order valence-electron chi connectivity index (χ0n) is 12.0. The Balaban J connectivity index is 2.02. The molecule has 0 N–H and O–H groups in total. The van der Waals surface area contributed by atoms with Crippen LogP contribution in [0.2, 0.25) is 0 Å². The van der Waals surface area contributed by atoms with E-state index in [-0.39, 0.29) is 0 Å². The van der Waals surface area contributed by atoms with Crippen molar-refractivity contribution in [3.05, 3.63) is 65.9 Å². The predicted octanol–water partition coefficient (Wildman–Crippen LogP) is 2.98. The van der Waals surface area contributed by atoms with Crippen molar-refractivity contribution < 1.29 is 4.68 Å². The van der Waals surface area contributed by atoms with Gasteiger partial charge in [-0.25, -0.2) is 0 Å². The van der Waals surface area contributed by atoms with Crippen molar-refractivity contribution in [2.75, 3.05) is 0 Å². The molecule has 0 bridgehead atoms. The Kier molecular flexibility index (Phi) is 3.11. The maximum Gasteiger partial charge on any atom is 0.249 e. The van der Waals surface area contributed by atoms with Gasteiger partial charge >= 0.3 is 0 Å². The summed E-state index contributed by atoms with van der Waals surface area (Å²) < 4.78 is 2.00. The lowest BCUT2D eigenvalue weighted by Gasteiger charge is -1.97. The van der Waals surface area contributed by atoms with Crippen LogP contribution in [0.1, 0.15) is 11.1 Å². The fourth-order valence-electron chi connectivity index (χ4n) is 2.20. The topological polar surface area (TPSA) is 21.7 Å². The van der Waals surface area contributed by atoms with Crippen molar-refractivity contribution in [1.82, 2.24) is 9.90 Å². The van der Waals surface area contributed by atoms with Gasteiger partial charge in [-0.05, 0) is 30.8 Å². The Morgan fingerprint density at radius 2 is 1.40 bits per heavy atom. The molecule has 0 atom stereocenters. The summed E-state index contributed by atoms with van der Waals surface area (Å²) in [6, 6.07) is 16.8. The van der Waals surface area contributed by atoms with Gasteiger partial charge < -0.3 is 0 Å². The summed E-state index contributed by atoms with van der Waals surface area (Å²) in [6.07, 6.45) is 2.05. The Hall–Kier alpha value is -2.42. The average molecular weight is 264 g/mol. The molecule has 0 aliphatic heterocycles. The molecule has 20 heavy (non-hydrogen) atoms. The van der Waals surface area contributed by atoms with Crippen molar-refractivity contribution in [3.8, 4) is 16.9 Å². The molecular weight excluding hydrogens is 246 g/mol. The van der Waals surface area contributed by atoms with Crippen LogP contribution in [-0.2, 0) is 7.05 Å². The smallest absolute Gasteiger partial charge is 0.158 e. The summed E-state index contributed by atoms with van der Waals surface area (Å²) in [5.74, 6) is 0. The fraction of sp³-hybridized carbons (Fsp3) is 0.176. The minimum atomic E-state index is 0.980. The molecule has 0 radical (unpaired) electrons. The lowest BCUT2D eigenvalue weighted by atomic mass is 10.1. The second-order valence-electron chi connectivity index (χ2n) is 5.18. The summed E-state index contributed by atoms with van der Waals surface area (Å²) >= 11 is 0. The third kappa shape index (κ3) is 2.35. The highest BCUT2D eigenvalue weighted by molar-refractivity contribution is 5.57. The molecule has 3 aromatic rings. The van der Waals surface area contributed by atoms with E-state index in [0.717, 1.165) is 16.9 Å². The minimum absolute atomic E-state index is 0.980. The van der Waals surface area contributed by atoms with Crippen LogP contribution in [-0.4, -0.2) is 9.90 Å². The minimum Gasteiger partial charge on any atom is -0.158 e. The van der Waals surface area contributed by atoms with E-state index in [2.05, 4.69) is 67.5 Å². The van der Waals surface area contributed by atoms with Crippen LogP contribution in [0, 0.1) is 13.8 Å². The highest BCUT2D eigenvalue weighted by Crippen LogP contribution is 2.17. The largest absolute Gasteiger partial charge is 0.249 e. The predicted molar refractivity (Wildman–Crippen MR) is 79.7 cm³/mol. The first-order chi connectivity index (χ1) is 9.63. The van der Waals surface area contributed by atoms with E-state index in [1.54, 1.807) is 0 Å². The van der Waals surface area contributed by atoms with Crippen molar-refractivity contribution >= 4 is 0 Å². The first-order valence-electron chi connectivity index (χ1n) is 6.73. The molecule has 0 unspecified atom stereocenters. The van der Waals surface area contributed by atoms with Gasteiger partial charge in [-0.1, -0.05) is 47.5 Å². The molecule has 3 nitrogen and oxygen atoms in total. The van der Waals surface area contributed by atoms with Crippen LogP contribution in [0.3, 0.4) is 0 Å². The highest BCUT2D eigenvalue weighted by atomic mass is 15.5. The molecule has 0 saturated heterocycles. The summed E-state index contributed by atoms with van der Waals surface area (Å²) in [4.78, 5) is 1.91. The zero-order valence-corrected chi connectivity index (χ0v) is 12.0. The summed E-state index contributed by atoms with van der Waals surface area (Å²) in [5, 5.41) is 4.69. The van der Waals surface area contributed by atoms with E-state index in [9.17, 15) is 0 Å². The molecule has 3 heteroatoms. The number of hydrogen-bond donors (Lipinski definition) is 0. The number of nitrogens with zero attached hydrogens (tertiary/aromatic N) is 3. The first-order valence-corrected chi connectivity index (χ1v) is 6.73. The zero-order chi connectivity index (χ0) is 14.1. The van der Waals surface area contributed by atoms with Crippen LogP contribution in [0.4, 0.5) is 0 Å². The average Bonchev–Trinajstić information content (AvgIpc) is 2.82. The third-order valence-electron chi connectivity index (χ3n) is 3.42. The maximum absolute atomic E-state index is 4.69. The molecule has 0 aliphatic rings. The standard InChI is InChI=1S/C17H18N3/c1-13-4-8-15(9-5-13)17-12-19(3)20(18-17)16-10-6-14(2)7-11-16/h4-12H,1-3H3/q+1. The maximum atomic E-state index is 4.69. The van der Waals surface area contributed by atoms with Gasteiger partial charge in [0.1, 0.15) is 12.7 Å². The van der Waals surface area contributed by atoms with E-state index >= 15 is 0 Å². The van der Waals surface area contributed by atoms with Gasteiger partial charge in [0.05, 0.1) is 5.10 Å². The second-order valence-corrected chi connectivity index (χ2v) is 5.18. The van der Waals surface area contributed by atoms with E-state index in [1.165, 1.54) is 11.1 Å². The molecule has 0 aliphatic carbocycles. The molecule has 0 amide bonds. The molecule has 0 spiro atoms. The molecular formula is C17H18N3+. The summed E-state index contributed by atoms with van der Waals surface area (Å²) in [6.45, 7) is 4.18. The van der Waals surface area contributed by atoms with Gasteiger partial charge in [0.25, 0.3) is 0 Å². The van der Waals surface area contributed by atoms with Crippen molar-refractivity contribution in [2.45, 2.75) is 13.8 Å². The Labute approximate surface area is 119 Å². The van der Waals surface area contributed by atoms with E-state index in [1.807, 2.05) is 22.7 Å². The Morgan fingerprint density at radius 3 is 2.00 bits per heavy atom. The van der Waals surface area contributed by atoms with Crippen molar-refractivity contribution in [1.29, 1.82) is 0 Å². The SMILES string of the molecule is Cc1ccc(-c2c[n+](C)n(-c3ccc(C)cc3)n2)cc1. The molecule has 1 aromatic heterocycles. The van der Waals surface area contributed by atoms with Gasteiger partial charge in [0.2, 0.25) is 5.69 Å². The normalized spacial score (nSPS) is 10.8.